The van der Waals surface area contributed by atoms with E-state index < -0.39 is 12.1 Å². The summed E-state index contributed by atoms with van der Waals surface area (Å²) >= 11 is 0. The molecule has 0 aromatic rings. The van der Waals surface area contributed by atoms with Gasteiger partial charge in [0.2, 0.25) is 11.8 Å². The topological polar surface area (TPSA) is 67.9 Å². The third-order valence-corrected chi connectivity index (χ3v) is 3.78. The van der Waals surface area contributed by atoms with Crippen LogP contribution in [0, 0.1) is 5.92 Å². The molecule has 1 unspecified atom stereocenters. The molecule has 2 aliphatic rings. The molecule has 0 aliphatic carbocycles. The van der Waals surface area contributed by atoms with Crippen molar-refractivity contribution >= 4 is 11.8 Å². The van der Waals surface area contributed by atoms with Crippen molar-refractivity contribution in [3.05, 3.63) is 0 Å². The molecule has 2 rings (SSSR count). The van der Waals surface area contributed by atoms with Gasteiger partial charge in [0.05, 0.1) is 13.2 Å². The van der Waals surface area contributed by atoms with E-state index in [2.05, 4.69) is 5.32 Å². The molecule has 20 heavy (non-hydrogen) atoms. The summed E-state index contributed by atoms with van der Waals surface area (Å²) in [6, 6.07) is -0.482. The van der Waals surface area contributed by atoms with Crippen LogP contribution in [0.25, 0.3) is 0 Å². The zero-order chi connectivity index (χ0) is 14.5. The van der Waals surface area contributed by atoms with Gasteiger partial charge in [0.25, 0.3) is 0 Å². The summed E-state index contributed by atoms with van der Waals surface area (Å²) < 4.78 is 10.6. The Bertz CT molecular complexity index is 347. The van der Waals surface area contributed by atoms with Gasteiger partial charge < -0.3 is 19.7 Å². The first-order valence-electron chi connectivity index (χ1n) is 7.38. The zero-order valence-electron chi connectivity index (χ0n) is 12.3. The van der Waals surface area contributed by atoms with Gasteiger partial charge >= 0.3 is 0 Å². The lowest BCUT2D eigenvalue weighted by molar-refractivity contribution is -0.143. The molecule has 0 spiro atoms. The number of morpholine rings is 1. The summed E-state index contributed by atoms with van der Waals surface area (Å²) in [6.07, 6.45) is 1.25. The fourth-order valence-electron chi connectivity index (χ4n) is 2.52. The summed E-state index contributed by atoms with van der Waals surface area (Å²) in [6.45, 7) is 6.83. The lowest BCUT2D eigenvalue weighted by atomic mass is 10.0. The van der Waals surface area contributed by atoms with Crippen molar-refractivity contribution in [3.63, 3.8) is 0 Å². The molecule has 1 N–H and O–H groups in total. The van der Waals surface area contributed by atoms with Crippen molar-refractivity contribution in [2.45, 2.75) is 38.8 Å². The highest BCUT2D eigenvalue weighted by atomic mass is 16.5. The fraction of sp³-hybridized carbons (Fsp3) is 0.857. The second kappa shape index (κ2) is 7.04. The van der Waals surface area contributed by atoms with Crippen molar-refractivity contribution in [1.82, 2.24) is 10.2 Å². The molecule has 2 aliphatic heterocycles. The highest BCUT2D eigenvalue weighted by Crippen LogP contribution is 2.14. The Morgan fingerprint density at radius 1 is 1.20 bits per heavy atom. The SMILES string of the molecule is CC(C)[C@@H](NC(=O)C1CCCO1)C(=O)N1CCOCC1. The summed E-state index contributed by atoms with van der Waals surface area (Å²) in [7, 11) is 0. The Labute approximate surface area is 119 Å². The monoisotopic (exact) mass is 284 g/mol. The molecule has 0 radical (unpaired) electrons. The molecule has 6 heteroatoms. The number of hydrogen-bond donors (Lipinski definition) is 1. The van der Waals surface area contributed by atoms with Gasteiger partial charge in [0.1, 0.15) is 12.1 Å². The molecule has 2 saturated heterocycles. The number of hydrogen-bond acceptors (Lipinski definition) is 4. The van der Waals surface area contributed by atoms with Gasteiger partial charge in [0.15, 0.2) is 0 Å². The van der Waals surface area contributed by atoms with E-state index in [9.17, 15) is 9.59 Å². The molecular weight excluding hydrogens is 260 g/mol. The number of nitrogens with zero attached hydrogens (tertiary/aromatic N) is 1. The van der Waals surface area contributed by atoms with E-state index >= 15 is 0 Å². The first-order chi connectivity index (χ1) is 9.59. The second-order valence-corrected chi connectivity index (χ2v) is 5.67. The van der Waals surface area contributed by atoms with Gasteiger partial charge in [-0.2, -0.15) is 0 Å². The molecule has 0 saturated carbocycles. The predicted octanol–water partition coefficient (Wildman–Crippen LogP) is 0.165. The van der Waals surface area contributed by atoms with Crippen LogP contribution in [-0.2, 0) is 19.1 Å². The van der Waals surface area contributed by atoms with Crippen LogP contribution in [0.15, 0.2) is 0 Å². The van der Waals surface area contributed by atoms with Crippen molar-refractivity contribution in [2.75, 3.05) is 32.9 Å². The van der Waals surface area contributed by atoms with Crippen molar-refractivity contribution in [3.8, 4) is 0 Å². The molecule has 2 atom stereocenters. The molecule has 6 nitrogen and oxygen atoms in total. The number of carbonyl (C=O) groups excluding carboxylic acids is 2. The Kier molecular flexibility index (Phi) is 5.37. The van der Waals surface area contributed by atoms with Crippen LogP contribution >= 0.6 is 0 Å². The van der Waals surface area contributed by atoms with E-state index in [-0.39, 0.29) is 17.7 Å². The first kappa shape index (κ1) is 15.3. The number of nitrogens with one attached hydrogen (secondary N) is 1. The maximum atomic E-state index is 12.5. The molecule has 2 fully saturated rings. The molecule has 2 heterocycles. The van der Waals surface area contributed by atoms with Crippen LogP contribution in [0.1, 0.15) is 26.7 Å². The third kappa shape index (κ3) is 3.70. The smallest absolute Gasteiger partial charge is 0.249 e. The van der Waals surface area contributed by atoms with Gasteiger partial charge in [-0.25, -0.2) is 0 Å². The minimum absolute atomic E-state index is 0.0188. The van der Waals surface area contributed by atoms with Crippen LogP contribution in [0.3, 0.4) is 0 Å². The van der Waals surface area contributed by atoms with Crippen LogP contribution in [0.4, 0.5) is 0 Å². The standard InChI is InChI=1S/C14H24N2O4/c1-10(2)12(14(18)16-5-8-19-9-6-16)15-13(17)11-4-3-7-20-11/h10-12H,3-9H2,1-2H3,(H,15,17)/t11?,12-/m1/s1. The minimum Gasteiger partial charge on any atom is -0.378 e. The summed E-state index contributed by atoms with van der Waals surface area (Å²) in [5.74, 6) is -0.131. The van der Waals surface area contributed by atoms with Gasteiger partial charge in [-0.1, -0.05) is 13.8 Å². The fourth-order valence-corrected chi connectivity index (χ4v) is 2.52. The van der Waals surface area contributed by atoms with E-state index in [0.29, 0.717) is 32.9 Å². The molecular formula is C14H24N2O4. The highest BCUT2D eigenvalue weighted by molar-refractivity contribution is 5.89. The van der Waals surface area contributed by atoms with Gasteiger partial charge in [0, 0.05) is 19.7 Å². The number of rotatable bonds is 4. The lowest BCUT2D eigenvalue weighted by Crippen LogP contribution is -2.55. The third-order valence-electron chi connectivity index (χ3n) is 3.78. The van der Waals surface area contributed by atoms with Crippen LogP contribution < -0.4 is 5.32 Å². The van der Waals surface area contributed by atoms with Crippen LogP contribution in [0.5, 0.6) is 0 Å². The van der Waals surface area contributed by atoms with Crippen LogP contribution in [0.2, 0.25) is 0 Å². The first-order valence-corrected chi connectivity index (χ1v) is 7.38. The maximum absolute atomic E-state index is 12.5. The highest BCUT2D eigenvalue weighted by Gasteiger charge is 2.32. The normalized spacial score (nSPS) is 24.8. The summed E-state index contributed by atoms with van der Waals surface area (Å²) in [5.41, 5.74) is 0. The van der Waals surface area contributed by atoms with Crippen molar-refractivity contribution < 1.29 is 19.1 Å². The van der Waals surface area contributed by atoms with Gasteiger partial charge in [-0.3, -0.25) is 9.59 Å². The van der Waals surface area contributed by atoms with Crippen molar-refractivity contribution in [2.24, 2.45) is 5.92 Å². The molecule has 2 amide bonds. The Balaban J connectivity index is 1.94. The van der Waals surface area contributed by atoms with Crippen LogP contribution in [-0.4, -0.2) is 61.8 Å². The van der Waals surface area contributed by atoms with E-state index in [4.69, 9.17) is 9.47 Å². The Morgan fingerprint density at radius 2 is 1.90 bits per heavy atom. The molecule has 0 aromatic heterocycles. The number of amides is 2. The van der Waals surface area contributed by atoms with E-state index in [0.717, 1.165) is 12.8 Å². The van der Waals surface area contributed by atoms with Gasteiger partial charge in [-0.05, 0) is 18.8 Å². The average Bonchev–Trinajstić information content (AvgIpc) is 2.98. The van der Waals surface area contributed by atoms with E-state index in [1.54, 1.807) is 4.90 Å². The molecule has 0 aromatic carbocycles. The molecule has 0 bridgehead atoms. The van der Waals surface area contributed by atoms with Gasteiger partial charge in [-0.15, -0.1) is 0 Å². The lowest BCUT2D eigenvalue weighted by Gasteiger charge is -2.32. The van der Waals surface area contributed by atoms with E-state index in [1.807, 2.05) is 13.8 Å². The summed E-state index contributed by atoms with van der Waals surface area (Å²) in [5, 5.41) is 2.86. The largest absolute Gasteiger partial charge is 0.378 e. The second-order valence-electron chi connectivity index (χ2n) is 5.67. The Morgan fingerprint density at radius 3 is 2.45 bits per heavy atom. The quantitative estimate of drug-likeness (QED) is 0.799. The van der Waals surface area contributed by atoms with Crippen molar-refractivity contribution in [1.29, 1.82) is 0 Å². The number of carbonyl (C=O) groups is 2. The average molecular weight is 284 g/mol. The zero-order valence-corrected chi connectivity index (χ0v) is 12.3. The number of ether oxygens (including phenoxy) is 2. The Hall–Kier alpha value is -1.14. The van der Waals surface area contributed by atoms with E-state index in [1.165, 1.54) is 0 Å². The predicted molar refractivity (Wildman–Crippen MR) is 73.1 cm³/mol. The molecule has 114 valence electrons. The minimum atomic E-state index is -0.482. The maximum Gasteiger partial charge on any atom is 0.249 e. The summed E-state index contributed by atoms with van der Waals surface area (Å²) in [4.78, 5) is 26.4.